The van der Waals surface area contributed by atoms with Gasteiger partial charge in [0.05, 0.1) is 5.56 Å². The molecule has 0 amide bonds. The molecule has 0 saturated heterocycles. The fraction of sp³-hybridized carbons (Fsp3) is 0.286. The minimum atomic E-state index is -0.442. The highest BCUT2D eigenvalue weighted by molar-refractivity contribution is 5.90. The van der Waals surface area contributed by atoms with Crippen molar-refractivity contribution in [3.63, 3.8) is 0 Å². The first-order valence-electron chi connectivity index (χ1n) is 6.21. The second-order valence-electron chi connectivity index (χ2n) is 4.36. The van der Waals surface area contributed by atoms with Gasteiger partial charge in [0, 0.05) is 6.07 Å². The first kappa shape index (κ1) is 12.5. The van der Waals surface area contributed by atoms with Crippen LogP contribution in [0, 0.1) is 6.92 Å². The Morgan fingerprint density at radius 3 is 2.80 bits per heavy atom. The van der Waals surface area contributed by atoms with Crippen molar-refractivity contribution in [2.45, 2.75) is 13.5 Å². The van der Waals surface area contributed by atoms with Crippen LogP contribution >= 0.6 is 0 Å². The average molecular weight is 275 g/mol. The highest BCUT2D eigenvalue weighted by atomic mass is 16.6. The van der Waals surface area contributed by atoms with E-state index in [1.807, 2.05) is 0 Å². The summed E-state index contributed by atoms with van der Waals surface area (Å²) in [7, 11) is 0. The molecule has 0 N–H and O–H groups in total. The minimum absolute atomic E-state index is 0.0740. The fourth-order valence-corrected chi connectivity index (χ4v) is 1.88. The molecule has 3 rings (SSSR count). The van der Waals surface area contributed by atoms with Crippen LogP contribution in [0.5, 0.6) is 11.5 Å². The lowest BCUT2D eigenvalue weighted by molar-refractivity contribution is 0.0463. The molecule has 0 aliphatic carbocycles. The molecule has 6 heteroatoms. The van der Waals surface area contributed by atoms with Gasteiger partial charge in [-0.15, -0.1) is 0 Å². The Bertz CT molecular complexity index is 634. The number of fused-ring (bicyclic) bond motifs is 1. The van der Waals surface area contributed by atoms with Crippen LogP contribution in [0.2, 0.25) is 0 Å². The zero-order valence-corrected chi connectivity index (χ0v) is 10.9. The Balaban J connectivity index is 1.67. The Hall–Kier alpha value is -2.50. The maximum absolute atomic E-state index is 11.9. The number of aryl methyl sites for hydroxylation is 1. The van der Waals surface area contributed by atoms with Crippen LogP contribution in [-0.2, 0) is 11.3 Å². The van der Waals surface area contributed by atoms with Crippen molar-refractivity contribution in [3.05, 3.63) is 41.3 Å². The summed E-state index contributed by atoms with van der Waals surface area (Å²) in [5.41, 5.74) is 0.989. The van der Waals surface area contributed by atoms with Gasteiger partial charge in [-0.05, 0) is 25.1 Å². The quantitative estimate of drug-likeness (QED) is 0.799. The first-order chi connectivity index (χ1) is 9.72. The maximum atomic E-state index is 11.9. The van der Waals surface area contributed by atoms with Gasteiger partial charge in [0.1, 0.15) is 31.3 Å². The topological polar surface area (TPSA) is 70.8 Å². The van der Waals surface area contributed by atoms with Crippen LogP contribution in [0.3, 0.4) is 0 Å². The van der Waals surface area contributed by atoms with Crippen LogP contribution < -0.4 is 9.47 Å². The predicted molar refractivity (Wildman–Crippen MR) is 67.8 cm³/mol. The molecule has 0 atom stereocenters. The number of hydrogen-bond acceptors (Lipinski definition) is 6. The van der Waals surface area contributed by atoms with Gasteiger partial charge < -0.3 is 18.7 Å². The molecule has 0 bridgehead atoms. The third kappa shape index (κ3) is 2.59. The molecule has 2 aromatic rings. The number of rotatable bonds is 3. The van der Waals surface area contributed by atoms with Crippen LogP contribution in [0.4, 0.5) is 0 Å². The molecule has 2 heterocycles. The normalized spacial score (nSPS) is 13.1. The van der Waals surface area contributed by atoms with E-state index in [1.54, 1.807) is 31.2 Å². The van der Waals surface area contributed by atoms with Crippen LogP contribution in [0.25, 0.3) is 0 Å². The molecule has 0 radical (unpaired) electrons. The number of carbonyl (C=O) groups is 1. The standard InChI is InChI=1S/C14H13NO5/c1-9-6-11(15-20-9)8-19-14(16)10-2-3-12-13(7-10)18-5-4-17-12/h2-3,6-7H,4-5,8H2,1H3. The predicted octanol–water partition coefficient (Wildman–Crippen LogP) is 2.11. The zero-order valence-electron chi connectivity index (χ0n) is 10.9. The molecule has 0 saturated carbocycles. The number of carbonyl (C=O) groups excluding carboxylic acids is 1. The Kier molecular flexibility index (Phi) is 3.28. The number of hydrogen-bond donors (Lipinski definition) is 0. The summed E-state index contributed by atoms with van der Waals surface area (Å²) in [6.45, 7) is 2.84. The molecule has 20 heavy (non-hydrogen) atoms. The lowest BCUT2D eigenvalue weighted by Crippen LogP contribution is -2.16. The molecule has 0 spiro atoms. The smallest absolute Gasteiger partial charge is 0.338 e. The van der Waals surface area contributed by atoms with E-state index in [9.17, 15) is 4.79 Å². The van der Waals surface area contributed by atoms with E-state index in [2.05, 4.69) is 5.16 Å². The summed E-state index contributed by atoms with van der Waals surface area (Å²) in [5, 5.41) is 3.75. The largest absolute Gasteiger partial charge is 0.486 e. The molecule has 1 aromatic heterocycles. The summed E-state index contributed by atoms with van der Waals surface area (Å²) < 4.78 is 20.9. The Labute approximate surface area is 115 Å². The summed E-state index contributed by atoms with van der Waals surface area (Å²) >= 11 is 0. The van der Waals surface area contributed by atoms with Crippen molar-refractivity contribution in [2.75, 3.05) is 13.2 Å². The summed E-state index contributed by atoms with van der Waals surface area (Å²) in [4.78, 5) is 11.9. The van der Waals surface area contributed by atoms with E-state index in [4.69, 9.17) is 18.7 Å². The minimum Gasteiger partial charge on any atom is -0.486 e. The van der Waals surface area contributed by atoms with E-state index >= 15 is 0 Å². The molecule has 0 fully saturated rings. The maximum Gasteiger partial charge on any atom is 0.338 e. The van der Waals surface area contributed by atoms with E-state index in [0.29, 0.717) is 41.7 Å². The van der Waals surface area contributed by atoms with Gasteiger partial charge >= 0.3 is 5.97 Å². The number of esters is 1. The molecule has 104 valence electrons. The van der Waals surface area contributed by atoms with Crippen LogP contribution in [0.1, 0.15) is 21.8 Å². The third-order valence-electron chi connectivity index (χ3n) is 2.81. The van der Waals surface area contributed by atoms with Crippen molar-refractivity contribution in [1.82, 2.24) is 5.16 Å². The van der Waals surface area contributed by atoms with E-state index in [-0.39, 0.29) is 6.61 Å². The van der Waals surface area contributed by atoms with Gasteiger partial charge in [-0.1, -0.05) is 5.16 Å². The van der Waals surface area contributed by atoms with Crippen molar-refractivity contribution in [2.24, 2.45) is 0 Å². The van der Waals surface area contributed by atoms with E-state index < -0.39 is 5.97 Å². The van der Waals surface area contributed by atoms with Gasteiger partial charge in [-0.25, -0.2) is 4.79 Å². The second kappa shape index (κ2) is 5.24. The van der Waals surface area contributed by atoms with Gasteiger partial charge in [0.25, 0.3) is 0 Å². The summed E-state index contributed by atoms with van der Waals surface area (Å²) in [6.07, 6.45) is 0. The van der Waals surface area contributed by atoms with E-state index in [0.717, 1.165) is 0 Å². The number of ether oxygens (including phenoxy) is 3. The van der Waals surface area contributed by atoms with Crippen molar-refractivity contribution < 1.29 is 23.5 Å². The Morgan fingerprint density at radius 1 is 1.25 bits per heavy atom. The fourth-order valence-electron chi connectivity index (χ4n) is 1.88. The van der Waals surface area contributed by atoms with Crippen molar-refractivity contribution >= 4 is 5.97 Å². The van der Waals surface area contributed by atoms with Gasteiger partial charge in [-0.3, -0.25) is 0 Å². The van der Waals surface area contributed by atoms with Gasteiger partial charge in [-0.2, -0.15) is 0 Å². The highest BCUT2D eigenvalue weighted by Crippen LogP contribution is 2.30. The van der Waals surface area contributed by atoms with Crippen LogP contribution in [-0.4, -0.2) is 24.3 Å². The molecule has 1 aliphatic heterocycles. The van der Waals surface area contributed by atoms with Crippen molar-refractivity contribution in [3.8, 4) is 11.5 Å². The monoisotopic (exact) mass is 275 g/mol. The average Bonchev–Trinajstić information content (AvgIpc) is 2.90. The van der Waals surface area contributed by atoms with Gasteiger partial charge in [0.15, 0.2) is 11.5 Å². The van der Waals surface area contributed by atoms with E-state index in [1.165, 1.54) is 0 Å². The summed E-state index contributed by atoms with van der Waals surface area (Å²) in [5.74, 6) is 1.43. The molecule has 6 nitrogen and oxygen atoms in total. The summed E-state index contributed by atoms with van der Waals surface area (Å²) in [6, 6.07) is 6.68. The SMILES string of the molecule is Cc1cc(COC(=O)c2ccc3c(c2)OCCO3)no1. The van der Waals surface area contributed by atoms with Crippen molar-refractivity contribution in [1.29, 1.82) is 0 Å². The zero-order chi connectivity index (χ0) is 13.9. The molecular formula is C14H13NO5. The lowest BCUT2D eigenvalue weighted by Gasteiger charge is -2.18. The molecule has 1 aromatic carbocycles. The molecule has 0 unspecified atom stereocenters. The molecule has 1 aliphatic rings. The molecular weight excluding hydrogens is 262 g/mol. The number of aromatic nitrogens is 1. The number of nitrogens with zero attached hydrogens (tertiary/aromatic N) is 1. The Morgan fingerprint density at radius 2 is 2.05 bits per heavy atom. The number of benzene rings is 1. The third-order valence-corrected chi connectivity index (χ3v) is 2.81. The lowest BCUT2D eigenvalue weighted by atomic mass is 10.2. The van der Waals surface area contributed by atoms with Crippen LogP contribution in [0.15, 0.2) is 28.8 Å². The second-order valence-corrected chi connectivity index (χ2v) is 4.36. The highest BCUT2D eigenvalue weighted by Gasteiger charge is 2.16. The van der Waals surface area contributed by atoms with Gasteiger partial charge in [0.2, 0.25) is 0 Å². The first-order valence-corrected chi connectivity index (χ1v) is 6.21.